The zero-order valence-electron chi connectivity index (χ0n) is 9.57. The van der Waals surface area contributed by atoms with E-state index in [0.717, 1.165) is 12.1 Å². The van der Waals surface area contributed by atoms with Crippen LogP contribution in [0.15, 0.2) is 29.2 Å². The Labute approximate surface area is 118 Å². The van der Waals surface area contributed by atoms with Gasteiger partial charge in [-0.05, 0) is 36.0 Å². The summed E-state index contributed by atoms with van der Waals surface area (Å²) in [4.78, 5) is -0.406. The van der Waals surface area contributed by atoms with Gasteiger partial charge in [-0.25, -0.2) is 8.78 Å². The van der Waals surface area contributed by atoms with Crippen LogP contribution in [-0.2, 0) is 10.1 Å². The van der Waals surface area contributed by atoms with Gasteiger partial charge >= 0.3 is 27.3 Å². The summed E-state index contributed by atoms with van der Waals surface area (Å²) in [5.74, 6) is -0.794. The maximum atomic E-state index is 12.7. The largest absolute Gasteiger partial charge is 0.534 e. The van der Waals surface area contributed by atoms with Gasteiger partial charge in [-0.15, -0.1) is 0 Å². The molecular formula is C9H5F7O3S2. The van der Waals surface area contributed by atoms with E-state index < -0.39 is 49.7 Å². The molecule has 0 saturated carbocycles. The van der Waals surface area contributed by atoms with Crippen LogP contribution in [0.4, 0.5) is 30.7 Å². The van der Waals surface area contributed by atoms with Crippen LogP contribution in [0, 0.1) is 0 Å². The first-order valence-corrected chi connectivity index (χ1v) is 7.03. The van der Waals surface area contributed by atoms with Crippen LogP contribution in [0.3, 0.4) is 0 Å². The highest BCUT2D eigenvalue weighted by Crippen LogP contribution is 2.40. The Morgan fingerprint density at radius 1 is 1.00 bits per heavy atom. The molecule has 0 N–H and O–H groups in total. The summed E-state index contributed by atoms with van der Waals surface area (Å²) in [6.45, 7) is 0. The van der Waals surface area contributed by atoms with Crippen molar-refractivity contribution in [3.63, 3.8) is 0 Å². The molecule has 0 aromatic heterocycles. The third-order valence-corrected chi connectivity index (χ3v) is 3.76. The molecular weight excluding hydrogens is 353 g/mol. The average Bonchev–Trinajstić information content (AvgIpc) is 2.29. The predicted octanol–water partition coefficient (Wildman–Crippen LogP) is 3.87. The summed E-state index contributed by atoms with van der Waals surface area (Å²) < 4.78 is 110. The summed E-state index contributed by atoms with van der Waals surface area (Å²) in [5.41, 5.74) is -5.65. The van der Waals surface area contributed by atoms with Crippen LogP contribution in [0.25, 0.3) is 0 Å². The first-order chi connectivity index (χ1) is 9.35. The van der Waals surface area contributed by atoms with Crippen molar-refractivity contribution in [2.24, 2.45) is 0 Å². The van der Waals surface area contributed by atoms with Crippen molar-refractivity contribution in [1.29, 1.82) is 0 Å². The van der Waals surface area contributed by atoms with Crippen molar-refractivity contribution in [2.75, 3.05) is 0 Å². The Kier molecular flexibility index (Phi) is 5.03. The fourth-order valence-corrected chi connectivity index (χ4v) is 2.07. The molecule has 0 aliphatic rings. The molecule has 120 valence electrons. The molecule has 0 heterocycles. The van der Waals surface area contributed by atoms with Crippen LogP contribution in [0.2, 0.25) is 0 Å². The summed E-state index contributed by atoms with van der Waals surface area (Å²) in [6, 6.07) is 2.71. The van der Waals surface area contributed by atoms with E-state index in [1.54, 1.807) is 0 Å². The number of thioether (sulfide) groups is 1. The van der Waals surface area contributed by atoms with E-state index in [0.29, 0.717) is 12.1 Å². The predicted molar refractivity (Wildman–Crippen MR) is 58.9 cm³/mol. The molecule has 3 nitrogen and oxygen atoms in total. The van der Waals surface area contributed by atoms with Crippen molar-refractivity contribution in [3.8, 4) is 5.75 Å². The summed E-state index contributed by atoms with van der Waals surface area (Å²) in [5, 5.41) is -4.39. The van der Waals surface area contributed by atoms with Gasteiger partial charge in [0.15, 0.2) is 0 Å². The molecule has 1 aromatic rings. The molecule has 1 aromatic carbocycles. The maximum absolute atomic E-state index is 12.7. The Morgan fingerprint density at radius 2 is 1.48 bits per heavy atom. The molecule has 0 saturated heterocycles. The molecule has 21 heavy (non-hydrogen) atoms. The van der Waals surface area contributed by atoms with Crippen molar-refractivity contribution < 1.29 is 43.3 Å². The van der Waals surface area contributed by atoms with E-state index in [-0.39, 0.29) is 0 Å². The van der Waals surface area contributed by atoms with Gasteiger partial charge < -0.3 is 4.18 Å². The van der Waals surface area contributed by atoms with Gasteiger partial charge in [0.2, 0.25) is 0 Å². The second kappa shape index (κ2) is 5.91. The molecule has 0 unspecified atom stereocenters. The van der Waals surface area contributed by atoms with Gasteiger partial charge in [0, 0.05) is 4.90 Å². The van der Waals surface area contributed by atoms with E-state index in [1.165, 1.54) is 0 Å². The van der Waals surface area contributed by atoms with Crippen LogP contribution >= 0.6 is 11.8 Å². The Hall–Kier alpha value is -1.17. The molecule has 0 aliphatic heterocycles. The highest BCUT2D eigenvalue weighted by molar-refractivity contribution is 8.00. The minimum absolute atomic E-state index is 0.406. The lowest BCUT2D eigenvalue weighted by molar-refractivity contribution is -0.0563. The summed E-state index contributed by atoms with van der Waals surface area (Å²) in [7, 11) is -5.89. The smallest absolute Gasteiger partial charge is 0.376 e. The van der Waals surface area contributed by atoms with Gasteiger partial charge in [-0.3, -0.25) is 0 Å². The number of hydrogen-bond acceptors (Lipinski definition) is 4. The molecule has 0 amide bonds. The highest BCUT2D eigenvalue weighted by atomic mass is 32.2. The van der Waals surface area contributed by atoms with E-state index in [1.807, 2.05) is 0 Å². The van der Waals surface area contributed by atoms with E-state index in [2.05, 4.69) is 4.18 Å². The number of hydrogen-bond donors (Lipinski definition) is 0. The molecule has 0 spiro atoms. The third-order valence-electron chi connectivity index (χ3n) is 1.82. The van der Waals surface area contributed by atoms with Crippen molar-refractivity contribution in [1.82, 2.24) is 0 Å². The topological polar surface area (TPSA) is 43.4 Å². The maximum Gasteiger partial charge on any atom is 0.534 e. The SMILES string of the molecule is O=S(=O)(Oc1ccc(SC(F)(F)C(F)F)cc1)C(F)(F)F. The molecule has 0 atom stereocenters. The molecule has 0 aliphatic carbocycles. The Morgan fingerprint density at radius 3 is 1.86 bits per heavy atom. The highest BCUT2D eigenvalue weighted by Gasteiger charge is 2.48. The lowest BCUT2D eigenvalue weighted by Crippen LogP contribution is -2.28. The summed E-state index contributed by atoms with van der Waals surface area (Å²) in [6.07, 6.45) is -3.94. The van der Waals surface area contributed by atoms with Gasteiger partial charge in [0.25, 0.3) is 0 Å². The van der Waals surface area contributed by atoms with E-state index >= 15 is 0 Å². The molecule has 1 rings (SSSR count). The van der Waals surface area contributed by atoms with Gasteiger partial charge in [-0.1, -0.05) is 0 Å². The fraction of sp³-hybridized carbons (Fsp3) is 0.333. The second-order valence-electron chi connectivity index (χ2n) is 3.42. The molecule has 12 heteroatoms. The first-order valence-electron chi connectivity index (χ1n) is 4.81. The third kappa shape index (κ3) is 4.66. The van der Waals surface area contributed by atoms with Gasteiger partial charge in [0.1, 0.15) is 5.75 Å². The molecule has 0 fully saturated rings. The van der Waals surface area contributed by atoms with Gasteiger partial charge in [-0.2, -0.15) is 30.4 Å². The zero-order valence-corrected chi connectivity index (χ0v) is 11.2. The second-order valence-corrected chi connectivity index (χ2v) is 6.18. The minimum atomic E-state index is -5.89. The zero-order chi connectivity index (χ0) is 16.5. The summed E-state index contributed by atoms with van der Waals surface area (Å²) >= 11 is -0.524. The number of benzene rings is 1. The molecule has 0 radical (unpaired) electrons. The average molecular weight is 358 g/mol. The van der Waals surface area contributed by atoms with Crippen molar-refractivity contribution >= 4 is 21.9 Å². The number of rotatable bonds is 5. The van der Waals surface area contributed by atoms with Crippen LogP contribution in [-0.4, -0.2) is 25.6 Å². The van der Waals surface area contributed by atoms with Crippen LogP contribution in [0.1, 0.15) is 0 Å². The van der Waals surface area contributed by atoms with E-state index in [4.69, 9.17) is 0 Å². The minimum Gasteiger partial charge on any atom is -0.376 e. The standard InChI is InChI=1S/C9H5F7O3S2/c10-7(11)8(12,13)20-6-3-1-5(2-4-6)19-21(17,18)9(14,15)16/h1-4,7H. The van der Waals surface area contributed by atoms with Crippen LogP contribution < -0.4 is 4.18 Å². The number of halogens is 7. The van der Waals surface area contributed by atoms with Gasteiger partial charge in [0.05, 0.1) is 0 Å². The lowest BCUT2D eigenvalue weighted by atomic mass is 10.3. The molecule has 0 bridgehead atoms. The first kappa shape index (κ1) is 17.9. The van der Waals surface area contributed by atoms with Crippen molar-refractivity contribution in [3.05, 3.63) is 24.3 Å². The Balaban J connectivity index is 2.85. The quantitative estimate of drug-likeness (QED) is 0.347. The normalized spacial score (nSPS) is 13.5. The van der Waals surface area contributed by atoms with Crippen molar-refractivity contribution in [2.45, 2.75) is 22.1 Å². The monoisotopic (exact) mass is 358 g/mol. The number of alkyl halides is 7. The van der Waals surface area contributed by atoms with Crippen LogP contribution in [0.5, 0.6) is 5.75 Å². The lowest BCUT2D eigenvalue weighted by Gasteiger charge is -2.14. The Bertz CT molecular complexity index is 580. The fourth-order valence-electron chi connectivity index (χ4n) is 0.939. The van der Waals surface area contributed by atoms with E-state index in [9.17, 15) is 39.2 Å².